The summed E-state index contributed by atoms with van der Waals surface area (Å²) in [6.07, 6.45) is 1.78. The Morgan fingerprint density at radius 1 is 1.17 bits per heavy atom. The van der Waals surface area contributed by atoms with Crippen LogP contribution >= 0.6 is 15.9 Å². The van der Waals surface area contributed by atoms with Crippen LogP contribution in [0.2, 0.25) is 0 Å². The van der Waals surface area contributed by atoms with Gasteiger partial charge in [-0.15, -0.1) is 0 Å². The van der Waals surface area contributed by atoms with E-state index in [0.29, 0.717) is 12.5 Å². The molecule has 0 aliphatic carbocycles. The van der Waals surface area contributed by atoms with E-state index in [1.165, 1.54) is 5.56 Å². The molecule has 3 nitrogen and oxygen atoms in total. The zero-order valence-electron chi connectivity index (χ0n) is 10.2. The Labute approximate surface area is 115 Å². The largest absolute Gasteiger partial charge is 0.478 e. The van der Waals surface area contributed by atoms with Gasteiger partial charge in [0.25, 0.3) is 0 Å². The monoisotopic (exact) mass is 306 g/mol. The molecule has 1 aromatic heterocycles. The van der Waals surface area contributed by atoms with Gasteiger partial charge in [0, 0.05) is 17.1 Å². The summed E-state index contributed by atoms with van der Waals surface area (Å²) in [5, 5.41) is 3.32. The number of hydrogen-bond acceptors (Lipinski definition) is 3. The Kier molecular flexibility index (Phi) is 4.59. The Balaban J connectivity index is 1.91. The zero-order chi connectivity index (χ0) is 12.8. The number of aromatic nitrogens is 1. The minimum Gasteiger partial charge on any atom is -0.478 e. The molecule has 0 bridgehead atoms. The first-order chi connectivity index (χ1) is 8.78. The van der Waals surface area contributed by atoms with Gasteiger partial charge in [-0.05, 0) is 30.7 Å². The number of anilines is 1. The molecule has 0 saturated carbocycles. The number of halogens is 1. The molecule has 0 aliphatic heterocycles. The Hall–Kier alpha value is -1.55. The third-order valence-electron chi connectivity index (χ3n) is 2.44. The number of nitrogens with zero attached hydrogens (tertiary/aromatic N) is 1. The smallest absolute Gasteiger partial charge is 0.213 e. The highest BCUT2D eigenvalue weighted by atomic mass is 79.9. The summed E-state index contributed by atoms with van der Waals surface area (Å²) in [6, 6.07) is 12.1. The molecule has 94 valence electrons. The molecular weight excluding hydrogens is 292 g/mol. The van der Waals surface area contributed by atoms with Crippen molar-refractivity contribution in [3.05, 3.63) is 52.6 Å². The second kappa shape index (κ2) is 6.40. The van der Waals surface area contributed by atoms with Crippen molar-refractivity contribution >= 4 is 21.6 Å². The Morgan fingerprint density at radius 2 is 1.94 bits per heavy atom. The fraction of sp³-hybridized carbons (Fsp3) is 0.214. The van der Waals surface area contributed by atoms with Crippen LogP contribution in [-0.2, 0) is 6.54 Å². The van der Waals surface area contributed by atoms with Gasteiger partial charge in [0.2, 0.25) is 5.88 Å². The Morgan fingerprint density at radius 3 is 2.56 bits per heavy atom. The summed E-state index contributed by atoms with van der Waals surface area (Å²) in [5.41, 5.74) is 2.22. The molecule has 2 aromatic rings. The van der Waals surface area contributed by atoms with Crippen LogP contribution in [-0.4, -0.2) is 11.6 Å². The van der Waals surface area contributed by atoms with E-state index in [4.69, 9.17) is 4.74 Å². The molecule has 0 saturated heterocycles. The minimum absolute atomic E-state index is 0.638. The number of rotatable bonds is 5. The molecule has 0 unspecified atom stereocenters. The highest BCUT2D eigenvalue weighted by Gasteiger charge is 1.97. The van der Waals surface area contributed by atoms with Crippen molar-refractivity contribution in [2.24, 2.45) is 0 Å². The van der Waals surface area contributed by atoms with Gasteiger partial charge in [-0.25, -0.2) is 4.98 Å². The van der Waals surface area contributed by atoms with Gasteiger partial charge in [0.05, 0.1) is 18.5 Å². The fourth-order valence-corrected chi connectivity index (χ4v) is 1.79. The lowest BCUT2D eigenvalue weighted by Crippen LogP contribution is -2.00. The van der Waals surface area contributed by atoms with E-state index in [1.807, 2.05) is 31.2 Å². The van der Waals surface area contributed by atoms with Gasteiger partial charge < -0.3 is 10.1 Å². The molecule has 0 radical (unpaired) electrons. The van der Waals surface area contributed by atoms with Crippen LogP contribution in [0.25, 0.3) is 0 Å². The van der Waals surface area contributed by atoms with Gasteiger partial charge in [-0.1, -0.05) is 28.1 Å². The van der Waals surface area contributed by atoms with Crippen molar-refractivity contribution in [2.75, 3.05) is 11.9 Å². The van der Waals surface area contributed by atoms with Gasteiger partial charge in [-0.3, -0.25) is 0 Å². The third-order valence-corrected chi connectivity index (χ3v) is 2.97. The maximum atomic E-state index is 5.29. The fourth-order valence-electron chi connectivity index (χ4n) is 1.52. The molecule has 18 heavy (non-hydrogen) atoms. The van der Waals surface area contributed by atoms with E-state index in [0.717, 1.165) is 16.7 Å². The second-order valence-electron chi connectivity index (χ2n) is 3.80. The predicted octanol–water partition coefficient (Wildman–Crippen LogP) is 3.85. The van der Waals surface area contributed by atoms with Gasteiger partial charge in [0.1, 0.15) is 0 Å². The molecule has 1 N–H and O–H groups in total. The molecule has 4 heteroatoms. The summed E-state index contributed by atoms with van der Waals surface area (Å²) in [6.45, 7) is 3.36. The van der Waals surface area contributed by atoms with Crippen LogP contribution in [0.3, 0.4) is 0 Å². The summed E-state index contributed by atoms with van der Waals surface area (Å²) >= 11 is 3.42. The molecule has 0 fully saturated rings. The van der Waals surface area contributed by atoms with E-state index >= 15 is 0 Å². The Bertz CT molecular complexity index is 482. The second-order valence-corrected chi connectivity index (χ2v) is 4.71. The molecule has 1 aromatic carbocycles. The molecule has 0 spiro atoms. The van der Waals surface area contributed by atoms with E-state index in [1.54, 1.807) is 6.20 Å². The van der Waals surface area contributed by atoms with Crippen molar-refractivity contribution in [1.82, 2.24) is 4.98 Å². The van der Waals surface area contributed by atoms with Crippen molar-refractivity contribution in [3.63, 3.8) is 0 Å². The van der Waals surface area contributed by atoms with Crippen LogP contribution in [0.1, 0.15) is 12.5 Å². The molecule has 0 amide bonds. The van der Waals surface area contributed by atoms with Crippen molar-refractivity contribution < 1.29 is 4.74 Å². The topological polar surface area (TPSA) is 34.1 Å². The number of benzene rings is 1. The third kappa shape index (κ3) is 3.74. The SMILES string of the molecule is CCOc1ccc(NCc2ccc(Br)cc2)cn1. The van der Waals surface area contributed by atoms with E-state index in [-0.39, 0.29) is 0 Å². The molecule has 0 aliphatic rings. The zero-order valence-corrected chi connectivity index (χ0v) is 11.8. The summed E-state index contributed by atoms with van der Waals surface area (Å²) in [5.74, 6) is 0.659. The van der Waals surface area contributed by atoms with Crippen LogP contribution in [0.15, 0.2) is 47.1 Å². The van der Waals surface area contributed by atoms with Gasteiger partial charge >= 0.3 is 0 Å². The maximum absolute atomic E-state index is 5.29. The first-order valence-corrected chi connectivity index (χ1v) is 6.64. The molecule has 1 heterocycles. The number of nitrogens with one attached hydrogen (secondary N) is 1. The first kappa shape index (κ1) is 12.9. The molecule has 0 atom stereocenters. The van der Waals surface area contributed by atoms with Gasteiger partial charge in [-0.2, -0.15) is 0 Å². The highest BCUT2D eigenvalue weighted by Crippen LogP contribution is 2.14. The summed E-state index contributed by atoms with van der Waals surface area (Å²) < 4.78 is 6.38. The number of hydrogen-bond donors (Lipinski definition) is 1. The average Bonchev–Trinajstić information content (AvgIpc) is 2.40. The van der Waals surface area contributed by atoms with E-state index in [9.17, 15) is 0 Å². The van der Waals surface area contributed by atoms with Gasteiger partial charge in [0.15, 0.2) is 0 Å². The highest BCUT2D eigenvalue weighted by molar-refractivity contribution is 9.10. The van der Waals surface area contributed by atoms with Crippen LogP contribution in [0.5, 0.6) is 5.88 Å². The minimum atomic E-state index is 0.638. The molecular formula is C14H15BrN2O. The van der Waals surface area contributed by atoms with Crippen LogP contribution in [0, 0.1) is 0 Å². The quantitative estimate of drug-likeness (QED) is 0.911. The van der Waals surface area contributed by atoms with E-state index in [2.05, 4.69) is 38.4 Å². The van der Waals surface area contributed by atoms with Crippen molar-refractivity contribution in [2.45, 2.75) is 13.5 Å². The lowest BCUT2D eigenvalue weighted by Gasteiger charge is -2.07. The lowest BCUT2D eigenvalue weighted by molar-refractivity contribution is 0.327. The first-order valence-electron chi connectivity index (χ1n) is 5.85. The summed E-state index contributed by atoms with van der Waals surface area (Å²) in [7, 11) is 0. The number of ether oxygens (including phenoxy) is 1. The van der Waals surface area contributed by atoms with Crippen LogP contribution < -0.4 is 10.1 Å². The summed E-state index contributed by atoms with van der Waals surface area (Å²) in [4.78, 5) is 4.20. The normalized spacial score (nSPS) is 10.1. The van der Waals surface area contributed by atoms with E-state index < -0.39 is 0 Å². The standard InChI is InChI=1S/C14H15BrN2O/c1-2-18-14-8-7-13(10-17-14)16-9-11-3-5-12(15)6-4-11/h3-8,10,16H,2,9H2,1H3. The number of pyridine rings is 1. The average molecular weight is 307 g/mol. The maximum Gasteiger partial charge on any atom is 0.213 e. The predicted molar refractivity (Wildman–Crippen MR) is 76.9 cm³/mol. The molecule has 2 rings (SSSR count). The van der Waals surface area contributed by atoms with Crippen molar-refractivity contribution in [1.29, 1.82) is 0 Å². The van der Waals surface area contributed by atoms with Crippen LogP contribution in [0.4, 0.5) is 5.69 Å². The van der Waals surface area contributed by atoms with Crippen molar-refractivity contribution in [3.8, 4) is 5.88 Å². The lowest BCUT2D eigenvalue weighted by atomic mass is 10.2.